The summed E-state index contributed by atoms with van der Waals surface area (Å²) >= 11 is 0. The van der Waals surface area contributed by atoms with Crippen LogP contribution in [0, 0.1) is 11.8 Å². The number of fused-ring (bicyclic) bond motifs is 2. The van der Waals surface area contributed by atoms with Crippen LogP contribution in [-0.2, 0) is 9.47 Å². The first-order valence-electron chi connectivity index (χ1n) is 8.66. The molecule has 3 atom stereocenters. The van der Waals surface area contributed by atoms with Crippen molar-refractivity contribution in [2.24, 2.45) is 11.8 Å². The molecule has 3 nitrogen and oxygen atoms in total. The average molecular weight is 297 g/mol. The van der Waals surface area contributed by atoms with E-state index in [4.69, 9.17) is 9.47 Å². The molecule has 1 saturated carbocycles. The van der Waals surface area contributed by atoms with Crippen LogP contribution in [0.15, 0.2) is 0 Å². The minimum Gasteiger partial charge on any atom is -0.376 e. The summed E-state index contributed by atoms with van der Waals surface area (Å²) in [6.45, 7) is 17.0. The van der Waals surface area contributed by atoms with Gasteiger partial charge in [0.25, 0.3) is 0 Å². The fraction of sp³-hybridized carbons (Fsp3) is 1.00. The van der Waals surface area contributed by atoms with E-state index in [2.05, 4.69) is 46.4 Å². The first-order valence-corrected chi connectivity index (χ1v) is 8.66. The van der Waals surface area contributed by atoms with Gasteiger partial charge in [-0.1, -0.05) is 0 Å². The second kappa shape index (κ2) is 6.55. The van der Waals surface area contributed by atoms with Crippen molar-refractivity contribution in [2.45, 2.75) is 78.0 Å². The van der Waals surface area contributed by atoms with Crippen molar-refractivity contribution in [1.29, 1.82) is 0 Å². The van der Waals surface area contributed by atoms with Gasteiger partial charge in [0.05, 0.1) is 17.8 Å². The SMILES string of the molecule is CC(C)(C)OCCC1C[C@@H]2C[C@H]1CN2CCOC(C)(C)C. The first kappa shape index (κ1) is 17.2. The Morgan fingerprint density at radius 1 is 0.905 bits per heavy atom. The number of hydrogen-bond acceptors (Lipinski definition) is 3. The summed E-state index contributed by atoms with van der Waals surface area (Å²) in [6.07, 6.45) is 4.01. The number of hydrogen-bond donors (Lipinski definition) is 0. The lowest BCUT2D eigenvalue weighted by molar-refractivity contribution is -0.0234. The van der Waals surface area contributed by atoms with Gasteiger partial charge in [0.2, 0.25) is 0 Å². The van der Waals surface area contributed by atoms with Crippen LogP contribution < -0.4 is 0 Å². The molecule has 2 aliphatic rings. The smallest absolute Gasteiger partial charge is 0.0600 e. The summed E-state index contributed by atoms with van der Waals surface area (Å²) in [5.74, 6) is 1.78. The third-order valence-corrected chi connectivity index (χ3v) is 4.74. The molecule has 2 fully saturated rings. The highest BCUT2D eigenvalue weighted by Gasteiger charge is 2.43. The molecule has 0 aromatic heterocycles. The minimum atomic E-state index is -0.00836. The van der Waals surface area contributed by atoms with Crippen LogP contribution >= 0.6 is 0 Å². The fourth-order valence-corrected chi connectivity index (χ4v) is 3.77. The Balaban J connectivity index is 1.65. The normalized spacial score (nSPS) is 30.3. The Hall–Kier alpha value is -0.120. The van der Waals surface area contributed by atoms with E-state index in [1.807, 2.05) is 0 Å². The van der Waals surface area contributed by atoms with E-state index in [1.165, 1.54) is 25.8 Å². The summed E-state index contributed by atoms with van der Waals surface area (Å²) in [7, 11) is 0. The maximum Gasteiger partial charge on any atom is 0.0600 e. The standard InChI is InChI=1S/C18H35NO2/c1-17(2,3)20-9-7-14-11-16-12-15(14)13-19(16)8-10-21-18(4,5)6/h14-16H,7-13H2,1-6H3/t14?,15-,16+/m0/s1. The Kier molecular flexibility index (Phi) is 5.38. The van der Waals surface area contributed by atoms with Crippen LogP contribution in [0.3, 0.4) is 0 Å². The number of piperidine rings is 1. The van der Waals surface area contributed by atoms with E-state index < -0.39 is 0 Å². The summed E-state index contributed by atoms with van der Waals surface area (Å²) in [5.41, 5.74) is -0.000478. The van der Waals surface area contributed by atoms with Crippen LogP contribution in [0.2, 0.25) is 0 Å². The molecule has 1 unspecified atom stereocenters. The molecule has 124 valence electrons. The van der Waals surface area contributed by atoms with Crippen LogP contribution in [0.25, 0.3) is 0 Å². The molecule has 0 N–H and O–H groups in total. The van der Waals surface area contributed by atoms with Gasteiger partial charge in [0.1, 0.15) is 0 Å². The second-order valence-corrected chi connectivity index (χ2v) is 8.85. The van der Waals surface area contributed by atoms with E-state index in [9.17, 15) is 0 Å². The number of nitrogens with zero attached hydrogens (tertiary/aromatic N) is 1. The van der Waals surface area contributed by atoms with Crippen LogP contribution in [0.5, 0.6) is 0 Å². The molecule has 2 bridgehead atoms. The topological polar surface area (TPSA) is 21.7 Å². The Labute approximate surface area is 131 Å². The van der Waals surface area contributed by atoms with Gasteiger partial charge >= 0.3 is 0 Å². The zero-order valence-corrected chi connectivity index (χ0v) is 14.9. The molecule has 3 heteroatoms. The maximum atomic E-state index is 5.89. The van der Waals surface area contributed by atoms with E-state index in [0.29, 0.717) is 0 Å². The predicted molar refractivity (Wildman–Crippen MR) is 87.6 cm³/mol. The number of likely N-dealkylation sites (tertiary alicyclic amines) is 1. The van der Waals surface area contributed by atoms with Crippen LogP contribution in [0.1, 0.15) is 60.8 Å². The summed E-state index contributed by atoms with van der Waals surface area (Å²) in [5, 5.41) is 0. The van der Waals surface area contributed by atoms with Gasteiger partial charge in [-0.05, 0) is 72.6 Å². The van der Waals surface area contributed by atoms with E-state index >= 15 is 0 Å². The molecule has 0 aromatic carbocycles. The Morgan fingerprint density at radius 3 is 2.05 bits per heavy atom. The summed E-state index contributed by atoms with van der Waals surface area (Å²) in [6, 6.07) is 0.804. The molecular formula is C18H35NO2. The van der Waals surface area contributed by atoms with Gasteiger partial charge in [-0.15, -0.1) is 0 Å². The van der Waals surface area contributed by atoms with Crippen molar-refractivity contribution in [3.8, 4) is 0 Å². The summed E-state index contributed by atoms with van der Waals surface area (Å²) < 4.78 is 11.8. The lowest BCUT2D eigenvalue weighted by atomic mass is 9.91. The van der Waals surface area contributed by atoms with Crippen molar-refractivity contribution in [3.63, 3.8) is 0 Å². The van der Waals surface area contributed by atoms with E-state index in [-0.39, 0.29) is 11.2 Å². The predicted octanol–water partition coefficient (Wildman–Crippen LogP) is 3.72. The highest BCUT2D eigenvalue weighted by atomic mass is 16.5. The van der Waals surface area contributed by atoms with Crippen molar-refractivity contribution in [2.75, 3.05) is 26.3 Å². The lowest BCUT2D eigenvalue weighted by Crippen LogP contribution is -2.39. The third-order valence-electron chi connectivity index (χ3n) is 4.74. The molecule has 2 rings (SSSR count). The van der Waals surface area contributed by atoms with Crippen molar-refractivity contribution >= 4 is 0 Å². The third kappa shape index (κ3) is 5.54. The van der Waals surface area contributed by atoms with Gasteiger partial charge in [-0.2, -0.15) is 0 Å². The Morgan fingerprint density at radius 2 is 1.52 bits per heavy atom. The highest BCUT2D eigenvalue weighted by molar-refractivity contribution is 4.97. The molecule has 21 heavy (non-hydrogen) atoms. The quantitative estimate of drug-likeness (QED) is 0.746. The zero-order valence-electron chi connectivity index (χ0n) is 14.9. The molecule has 0 spiro atoms. The maximum absolute atomic E-state index is 5.89. The van der Waals surface area contributed by atoms with Crippen molar-refractivity contribution < 1.29 is 9.47 Å². The summed E-state index contributed by atoms with van der Waals surface area (Å²) in [4.78, 5) is 2.65. The van der Waals surface area contributed by atoms with Gasteiger partial charge < -0.3 is 9.47 Å². The van der Waals surface area contributed by atoms with Gasteiger partial charge in [0, 0.05) is 25.7 Å². The number of ether oxygens (including phenoxy) is 2. The molecule has 1 saturated heterocycles. The molecule has 0 amide bonds. The first-order chi connectivity index (χ1) is 9.64. The highest BCUT2D eigenvalue weighted by Crippen LogP contribution is 2.43. The van der Waals surface area contributed by atoms with Crippen LogP contribution in [0.4, 0.5) is 0 Å². The molecule has 1 heterocycles. The molecule has 0 radical (unpaired) electrons. The largest absolute Gasteiger partial charge is 0.376 e. The van der Waals surface area contributed by atoms with Gasteiger partial charge in [0.15, 0.2) is 0 Å². The van der Waals surface area contributed by atoms with Crippen molar-refractivity contribution in [3.05, 3.63) is 0 Å². The fourth-order valence-electron chi connectivity index (χ4n) is 3.77. The zero-order chi connectivity index (χ0) is 15.7. The number of rotatable bonds is 6. The molecule has 1 aliphatic heterocycles. The molecular weight excluding hydrogens is 262 g/mol. The van der Waals surface area contributed by atoms with E-state index in [1.54, 1.807) is 0 Å². The molecule has 1 aliphatic carbocycles. The monoisotopic (exact) mass is 297 g/mol. The average Bonchev–Trinajstić information content (AvgIpc) is 2.85. The van der Waals surface area contributed by atoms with Gasteiger partial charge in [-0.3, -0.25) is 4.90 Å². The van der Waals surface area contributed by atoms with Crippen LogP contribution in [-0.4, -0.2) is 48.4 Å². The van der Waals surface area contributed by atoms with Crippen molar-refractivity contribution in [1.82, 2.24) is 4.90 Å². The Bertz CT molecular complexity index is 297. The molecule has 0 aromatic rings. The van der Waals surface area contributed by atoms with Gasteiger partial charge in [-0.25, -0.2) is 0 Å². The van der Waals surface area contributed by atoms with E-state index in [0.717, 1.165) is 37.6 Å². The second-order valence-electron chi connectivity index (χ2n) is 8.85. The lowest BCUT2D eigenvalue weighted by Gasteiger charge is -2.32. The minimum absolute atomic E-state index is 0.00789.